The number of aromatic nitrogens is 5. The molecule has 3 aromatic rings. The third kappa shape index (κ3) is 4.57. The van der Waals surface area contributed by atoms with Crippen molar-refractivity contribution in [1.29, 1.82) is 0 Å². The quantitative estimate of drug-likeness (QED) is 0.401. The summed E-state index contributed by atoms with van der Waals surface area (Å²) in [6.45, 7) is 4.07. The Balaban J connectivity index is 1.29. The van der Waals surface area contributed by atoms with Crippen LogP contribution in [0.5, 0.6) is 11.6 Å². The minimum Gasteiger partial charge on any atom is -0.504 e. The maximum atomic E-state index is 13.9. The molecule has 16 heteroatoms. The van der Waals surface area contributed by atoms with Crippen molar-refractivity contribution in [2.24, 2.45) is 5.41 Å². The molecule has 234 valence electrons. The Kier molecular flexibility index (Phi) is 6.92. The van der Waals surface area contributed by atoms with Crippen LogP contribution in [0.2, 0.25) is 0 Å². The van der Waals surface area contributed by atoms with Crippen LogP contribution >= 0.6 is 0 Å². The van der Waals surface area contributed by atoms with Gasteiger partial charge in [-0.2, -0.15) is 13.2 Å². The average molecular weight is 617 g/mol. The Morgan fingerprint density at radius 1 is 1.11 bits per heavy atom. The van der Waals surface area contributed by atoms with E-state index < -0.39 is 34.4 Å². The Labute approximate surface area is 249 Å². The maximum absolute atomic E-state index is 13.9. The van der Waals surface area contributed by atoms with E-state index in [4.69, 9.17) is 4.74 Å². The number of carbonyl (C=O) groups is 2. The second-order valence-corrected chi connectivity index (χ2v) is 11.7. The molecule has 4 heterocycles. The van der Waals surface area contributed by atoms with Crippen LogP contribution in [0.15, 0.2) is 17.3 Å². The first kappa shape index (κ1) is 29.6. The SMILES string of the molecule is CCc1c(N2CCN(C(=O)c3ncnc(C)c3O)CC2)c(=O)c2nc(OC)cnc2n1CC(=O)NC12CC(C(F)(F)F)(C1)C2. The van der Waals surface area contributed by atoms with Crippen LogP contribution in [0.1, 0.15) is 48.1 Å². The van der Waals surface area contributed by atoms with Crippen molar-refractivity contribution >= 4 is 28.7 Å². The molecule has 7 rings (SSSR count). The smallest absolute Gasteiger partial charge is 0.394 e. The lowest BCUT2D eigenvalue weighted by Crippen LogP contribution is -2.78. The van der Waals surface area contributed by atoms with Gasteiger partial charge in [0.05, 0.1) is 24.4 Å². The van der Waals surface area contributed by atoms with E-state index in [0.717, 1.165) is 0 Å². The molecule has 3 aromatic heterocycles. The molecule has 4 aliphatic rings. The predicted octanol–water partition coefficient (Wildman–Crippen LogP) is 1.73. The number of hydrogen-bond acceptors (Lipinski definition) is 10. The van der Waals surface area contributed by atoms with E-state index in [9.17, 15) is 32.7 Å². The van der Waals surface area contributed by atoms with Gasteiger partial charge in [-0.15, -0.1) is 0 Å². The molecule has 2 bridgehead atoms. The number of nitrogens with zero attached hydrogens (tertiary/aromatic N) is 7. The Morgan fingerprint density at radius 3 is 2.41 bits per heavy atom. The van der Waals surface area contributed by atoms with Crippen LogP contribution in [0.4, 0.5) is 18.9 Å². The van der Waals surface area contributed by atoms with Gasteiger partial charge in [-0.05, 0) is 32.6 Å². The molecule has 0 aromatic carbocycles. The molecule has 0 spiro atoms. The number of halogens is 3. The molecule has 0 atom stereocenters. The number of methoxy groups -OCH3 is 1. The van der Waals surface area contributed by atoms with E-state index in [2.05, 4.69) is 25.3 Å². The fourth-order valence-electron chi connectivity index (χ4n) is 6.77. The first-order valence-electron chi connectivity index (χ1n) is 14.2. The zero-order valence-corrected chi connectivity index (χ0v) is 24.4. The van der Waals surface area contributed by atoms with Gasteiger partial charge < -0.3 is 29.5 Å². The normalized spacial score (nSPS) is 22.8. The largest absolute Gasteiger partial charge is 0.504 e. The molecule has 13 nitrogen and oxygen atoms in total. The van der Waals surface area contributed by atoms with Gasteiger partial charge >= 0.3 is 6.18 Å². The minimum absolute atomic E-state index is 0.0224. The fourth-order valence-corrected chi connectivity index (χ4v) is 6.77. The summed E-state index contributed by atoms with van der Waals surface area (Å²) in [4.78, 5) is 60.1. The lowest BCUT2D eigenvalue weighted by atomic mass is 9.39. The molecule has 0 unspecified atom stereocenters. The second kappa shape index (κ2) is 10.3. The highest BCUT2D eigenvalue weighted by Gasteiger charge is 2.78. The first-order valence-corrected chi connectivity index (χ1v) is 14.2. The summed E-state index contributed by atoms with van der Waals surface area (Å²) in [5, 5.41) is 13.1. The van der Waals surface area contributed by atoms with Crippen LogP contribution in [0.3, 0.4) is 0 Å². The van der Waals surface area contributed by atoms with Crippen LogP contribution in [-0.2, 0) is 17.8 Å². The van der Waals surface area contributed by atoms with E-state index in [-0.39, 0.29) is 86.2 Å². The van der Waals surface area contributed by atoms with E-state index in [0.29, 0.717) is 17.8 Å². The van der Waals surface area contributed by atoms with Crippen LogP contribution in [-0.4, -0.2) is 91.3 Å². The summed E-state index contributed by atoms with van der Waals surface area (Å²) in [6.07, 6.45) is -1.85. The molecule has 0 radical (unpaired) electrons. The number of hydrogen-bond donors (Lipinski definition) is 2. The number of pyridine rings is 1. The summed E-state index contributed by atoms with van der Waals surface area (Å²) in [5.41, 5.74) is -1.89. The Morgan fingerprint density at radius 2 is 1.80 bits per heavy atom. The molecule has 2 N–H and O–H groups in total. The monoisotopic (exact) mass is 616 g/mol. The number of fused-ring (bicyclic) bond motifs is 1. The fraction of sp³-hybridized carbons (Fsp3) is 0.536. The van der Waals surface area contributed by atoms with Crippen molar-refractivity contribution in [2.45, 2.75) is 57.8 Å². The number of piperazine rings is 1. The highest BCUT2D eigenvalue weighted by molar-refractivity contribution is 5.95. The van der Waals surface area contributed by atoms with Crippen LogP contribution < -0.4 is 20.4 Å². The standard InChI is InChI=1S/C28H31F3N8O5/c1-4-16-21(37-5-7-38(8-6-37)25(43)20-22(41)15(2)33-14-34-20)23(42)19-24(32-9-18(35-19)44-3)39(16)10-17(40)36-27-11-26(12-27,13-27)28(29,30)31/h9,14,41H,4-8,10-13H2,1-3H3,(H,36,40). The van der Waals surface area contributed by atoms with Gasteiger partial charge in [-0.3, -0.25) is 14.4 Å². The second-order valence-electron chi connectivity index (χ2n) is 11.7. The number of carbonyl (C=O) groups excluding carboxylic acids is 2. The molecule has 2 amide bonds. The van der Waals surface area contributed by atoms with Crippen LogP contribution in [0.25, 0.3) is 11.2 Å². The summed E-state index contributed by atoms with van der Waals surface area (Å²) in [7, 11) is 1.38. The highest BCUT2D eigenvalue weighted by atomic mass is 19.4. The number of rotatable bonds is 7. The van der Waals surface area contributed by atoms with E-state index in [1.165, 1.54) is 24.5 Å². The van der Waals surface area contributed by atoms with Crippen LogP contribution in [0, 0.1) is 12.3 Å². The summed E-state index contributed by atoms with van der Waals surface area (Å²) < 4.78 is 46.8. The Hall–Kier alpha value is -4.50. The lowest BCUT2D eigenvalue weighted by molar-refractivity contribution is -0.337. The molecule has 1 aliphatic heterocycles. The van der Waals surface area contributed by atoms with Gasteiger partial charge in [0.2, 0.25) is 17.2 Å². The minimum atomic E-state index is -4.30. The number of aryl methyl sites for hydroxylation is 1. The summed E-state index contributed by atoms with van der Waals surface area (Å²) in [5.74, 6) is -1.14. The van der Waals surface area contributed by atoms with E-state index >= 15 is 0 Å². The van der Waals surface area contributed by atoms with E-state index in [1.54, 1.807) is 11.5 Å². The summed E-state index contributed by atoms with van der Waals surface area (Å²) >= 11 is 0. The van der Waals surface area contributed by atoms with Crippen molar-refractivity contribution in [3.8, 4) is 11.6 Å². The molecular formula is C28H31F3N8O5. The number of ether oxygens (including phenoxy) is 1. The third-order valence-corrected chi connectivity index (χ3v) is 8.99. The molecule has 1 saturated heterocycles. The van der Waals surface area contributed by atoms with Crippen molar-refractivity contribution in [1.82, 2.24) is 34.7 Å². The zero-order chi connectivity index (χ0) is 31.6. The van der Waals surface area contributed by atoms with Gasteiger partial charge in [-0.25, -0.2) is 19.9 Å². The molecule has 4 fully saturated rings. The molecule has 44 heavy (non-hydrogen) atoms. The zero-order valence-electron chi connectivity index (χ0n) is 24.4. The first-order chi connectivity index (χ1) is 20.8. The molecule has 3 saturated carbocycles. The molecule has 3 aliphatic carbocycles. The topological polar surface area (TPSA) is 156 Å². The van der Waals surface area contributed by atoms with Gasteiger partial charge in [-0.1, -0.05) is 6.92 Å². The number of anilines is 1. The van der Waals surface area contributed by atoms with Crippen molar-refractivity contribution in [3.63, 3.8) is 0 Å². The summed E-state index contributed by atoms with van der Waals surface area (Å²) in [6, 6.07) is 0. The average Bonchev–Trinajstić information content (AvgIpc) is 2.95. The maximum Gasteiger partial charge on any atom is 0.394 e. The predicted molar refractivity (Wildman–Crippen MR) is 149 cm³/mol. The lowest BCUT2D eigenvalue weighted by Gasteiger charge is -2.70. The molecular weight excluding hydrogens is 585 g/mol. The highest BCUT2D eigenvalue weighted by Crippen LogP contribution is 2.73. The number of amides is 2. The number of nitrogens with one attached hydrogen (secondary N) is 1. The van der Waals surface area contributed by atoms with Crippen molar-refractivity contribution in [3.05, 3.63) is 39.8 Å². The van der Waals surface area contributed by atoms with E-state index in [1.807, 2.05) is 11.8 Å². The van der Waals surface area contributed by atoms with Crippen molar-refractivity contribution < 1.29 is 32.6 Å². The van der Waals surface area contributed by atoms with Gasteiger partial charge in [0.15, 0.2) is 22.6 Å². The Bertz CT molecular complexity index is 1720. The van der Waals surface area contributed by atoms with Gasteiger partial charge in [0.1, 0.15) is 18.6 Å². The third-order valence-electron chi connectivity index (χ3n) is 8.99. The van der Waals surface area contributed by atoms with Gasteiger partial charge in [0, 0.05) is 37.4 Å². The number of alkyl halides is 3. The number of aromatic hydroxyl groups is 1. The van der Waals surface area contributed by atoms with Crippen molar-refractivity contribution in [2.75, 3.05) is 38.2 Å². The van der Waals surface area contributed by atoms with Gasteiger partial charge in [0.25, 0.3) is 5.91 Å².